The number of nitrogens with zero attached hydrogens (tertiary/aromatic N) is 1. The van der Waals surface area contributed by atoms with Crippen molar-refractivity contribution < 1.29 is 19.2 Å². The molecule has 120 valence electrons. The fourth-order valence-electron chi connectivity index (χ4n) is 1.99. The predicted octanol–water partition coefficient (Wildman–Crippen LogP) is 3.46. The van der Waals surface area contributed by atoms with E-state index in [1.165, 1.54) is 30.4 Å². The zero-order valence-electron chi connectivity index (χ0n) is 12.5. The van der Waals surface area contributed by atoms with E-state index in [1.807, 2.05) is 0 Å². The minimum Gasteiger partial charge on any atom is -0.462 e. The van der Waals surface area contributed by atoms with Crippen LogP contribution in [-0.2, 0) is 9.53 Å². The summed E-state index contributed by atoms with van der Waals surface area (Å²) in [5.74, 6) is -0.849. The molecule has 0 fully saturated rings. The number of anilines is 1. The maximum absolute atomic E-state index is 12.2. The van der Waals surface area contributed by atoms with Crippen LogP contribution < -0.4 is 5.32 Å². The normalized spacial score (nSPS) is 10.2. The minimum atomic E-state index is -0.550. The third-order valence-corrected chi connectivity index (χ3v) is 3.84. The van der Waals surface area contributed by atoms with E-state index in [2.05, 4.69) is 5.32 Å². The first-order valence-electron chi connectivity index (χ1n) is 6.75. The lowest BCUT2D eigenvalue weighted by molar-refractivity contribution is -0.384. The molecule has 0 saturated carbocycles. The minimum absolute atomic E-state index is 0.0382. The summed E-state index contributed by atoms with van der Waals surface area (Å²) < 4.78 is 5.04. The number of hydrogen-bond acceptors (Lipinski definition) is 6. The van der Waals surface area contributed by atoms with Gasteiger partial charge in [0.2, 0.25) is 5.91 Å². The van der Waals surface area contributed by atoms with Crippen molar-refractivity contribution >= 4 is 33.9 Å². The fourth-order valence-corrected chi connectivity index (χ4v) is 2.99. The van der Waals surface area contributed by atoms with Crippen molar-refractivity contribution in [2.45, 2.75) is 13.8 Å². The summed E-state index contributed by atoms with van der Waals surface area (Å²) in [7, 11) is 0. The number of non-ortho nitro benzene ring substituents is 1. The third-order valence-electron chi connectivity index (χ3n) is 2.95. The number of amides is 1. The molecule has 8 heteroatoms. The molecule has 1 N–H and O–H groups in total. The van der Waals surface area contributed by atoms with Crippen LogP contribution in [0.15, 0.2) is 29.6 Å². The van der Waals surface area contributed by atoms with Gasteiger partial charge in [0.25, 0.3) is 5.69 Å². The molecule has 7 nitrogen and oxygen atoms in total. The second-order valence-corrected chi connectivity index (χ2v) is 5.44. The quantitative estimate of drug-likeness (QED) is 0.513. The number of ether oxygens (including phenoxy) is 1. The van der Waals surface area contributed by atoms with Crippen LogP contribution in [0.3, 0.4) is 0 Å². The smallest absolute Gasteiger partial charge is 0.341 e. The van der Waals surface area contributed by atoms with Gasteiger partial charge in [0.1, 0.15) is 10.6 Å². The number of benzene rings is 1. The average Bonchev–Trinajstić information content (AvgIpc) is 2.90. The number of esters is 1. The summed E-state index contributed by atoms with van der Waals surface area (Å²) in [6, 6.07) is 5.83. The highest BCUT2D eigenvalue weighted by atomic mass is 32.1. The van der Waals surface area contributed by atoms with Crippen LogP contribution in [0.5, 0.6) is 0 Å². The Morgan fingerprint density at radius 2 is 1.96 bits per heavy atom. The first-order chi connectivity index (χ1) is 10.9. The third kappa shape index (κ3) is 3.72. The Hall–Kier alpha value is -2.74. The predicted molar refractivity (Wildman–Crippen MR) is 86.7 cm³/mol. The van der Waals surface area contributed by atoms with Crippen molar-refractivity contribution in [2.24, 2.45) is 0 Å². The molecule has 0 atom stereocenters. The van der Waals surface area contributed by atoms with Gasteiger partial charge in [-0.1, -0.05) is 0 Å². The lowest BCUT2D eigenvalue weighted by atomic mass is 10.0. The highest BCUT2D eigenvalue weighted by Gasteiger charge is 2.22. The van der Waals surface area contributed by atoms with Crippen molar-refractivity contribution in [1.82, 2.24) is 0 Å². The first kappa shape index (κ1) is 16.6. The SMILES string of the molecule is CCOC(=O)c1c(-c2ccc([N+](=O)[O-])cc2)csc1NC(C)=O. The largest absolute Gasteiger partial charge is 0.462 e. The van der Waals surface area contributed by atoms with Crippen LogP contribution in [-0.4, -0.2) is 23.4 Å². The van der Waals surface area contributed by atoms with Crippen LogP contribution in [0.1, 0.15) is 24.2 Å². The number of carbonyl (C=O) groups excluding carboxylic acids is 2. The van der Waals surface area contributed by atoms with Gasteiger partial charge in [-0.3, -0.25) is 14.9 Å². The van der Waals surface area contributed by atoms with Crippen LogP contribution in [0.2, 0.25) is 0 Å². The maximum atomic E-state index is 12.2. The molecule has 0 spiro atoms. The van der Waals surface area contributed by atoms with Gasteiger partial charge in [0.15, 0.2) is 0 Å². The zero-order chi connectivity index (χ0) is 17.0. The molecule has 0 saturated heterocycles. The van der Waals surface area contributed by atoms with E-state index in [-0.39, 0.29) is 23.8 Å². The number of carbonyl (C=O) groups is 2. The van der Waals surface area contributed by atoms with Crippen molar-refractivity contribution in [3.05, 3.63) is 45.3 Å². The van der Waals surface area contributed by atoms with Crippen molar-refractivity contribution in [3.8, 4) is 11.1 Å². The summed E-state index contributed by atoms with van der Waals surface area (Å²) in [6.45, 7) is 3.24. The van der Waals surface area contributed by atoms with E-state index in [4.69, 9.17) is 4.74 Å². The molecular weight excluding hydrogens is 320 g/mol. The maximum Gasteiger partial charge on any atom is 0.341 e. The summed E-state index contributed by atoms with van der Waals surface area (Å²) in [4.78, 5) is 33.7. The Labute approximate surface area is 136 Å². The molecule has 1 amide bonds. The number of thiophene rings is 1. The van der Waals surface area contributed by atoms with Gasteiger partial charge < -0.3 is 10.1 Å². The number of rotatable bonds is 5. The molecule has 1 aromatic heterocycles. The second-order valence-electron chi connectivity index (χ2n) is 4.56. The van der Waals surface area contributed by atoms with Crippen molar-refractivity contribution in [2.75, 3.05) is 11.9 Å². The number of hydrogen-bond donors (Lipinski definition) is 1. The molecular formula is C15H14N2O5S. The fraction of sp³-hybridized carbons (Fsp3) is 0.200. The van der Waals surface area contributed by atoms with Crippen molar-refractivity contribution in [3.63, 3.8) is 0 Å². The Morgan fingerprint density at radius 1 is 1.30 bits per heavy atom. The highest BCUT2D eigenvalue weighted by molar-refractivity contribution is 7.15. The number of nitro groups is 1. The Morgan fingerprint density at radius 3 is 2.48 bits per heavy atom. The standard InChI is InChI=1S/C15H14N2O5S/c1-3-22-15(19)13-12(8-23-14(13)16-9(2)18)10-4-6-11(7-5-10)17(20)21/h4-8H,3H2,1-2H3,(H,16,18). The molecule has 0 unspecified atom stereocenters. The van der Waals surface area contributed by atoms with Gasteiger partial charge >= 0.3 is 5.97 Å². The van der Waals surface area contributed by atoms with E-state index in [0.29, 0.717) is 16.1 Å². The molecule has 0 radical (unpaired) electrons. The highest BCUT2D eigenvalue weighted by Crippen LogP contribution is 2.36. The summed E-state index contributed by atoms with van der Waals surface area (Å²) >= 11 is 1.20. The molecule has 0 aliphatic carbocycles. The number of nitrogens with one attached hydrogen (secondary N) is 1. The van der Waals surface area contributed by atoms with E-state index < -0.39 is 10.9 Å². The Balaban J connectivity index is 2.48. The molecule has 1 heterocycles. The van der Waals surface area contributed by atoms with Gasteiger partial charge in [-0.25, -0.2) is 4.79 Å². The lowest BCUT2D eigenvalue weighted by Crippen LogP contribution is -2.11. The van der Waals surface area contributed by atoms with E-state index >= 15 is 0 Å². The molecule has 0 aliphatic rings. The van der Waals surface area contributed by atoms with Gasteiger partial charge in [0, 0.05) is 30.0 Å². The first-order valence-corrected chi connectivity index (χ1v) is 7.63. The molecule has 0 bridgehead atoms. The molecule has 0 aliphatic heterocycles. The summed E-state index contributed by atoms with van der Waals surface area (Å²) in [5, 5.41) is 15.4. The second kappa shape index (κ2) is 7.01. The van der Waals surface area contributed by atoms with Gasteiger partial charge in [-0.2, -0.15) is 0 Å². The Kier molecular flexibility index (Phi) is 5.07. The van der Waals surface area contributed by atoms with Gasteiger partial charge in [-0.15, -0.1) is 11.3 Å². The van der Waals surface area contributed by atoms with Crippen LogP contribution in [0, 0.1) is 10.1 Å². The molecule has 23 heavy (non-hydrogen) atoms. The molecule has 2 rings (SSSR count). The Bertz CT molecular complexity index is 752. The van der Waals surface area contributed by atoms with Crippen LogP contribution >= 0.6 is 11.3 Å². The number of nitro benzene ring substituents is 1. The molecule has 2 aromatic rings. The van der Waals surface area contributed by atoms with Crippen LogP contribution in [0.4, 0.5) is 10.7 Å². The topological polar surface area (TPSA) is 98.5 Å². The van der Waals surface area contributed by atoms with Gasteiger partial charge in [0.05, 0.1) is 11.5 Å². The van der Waals surface area contributed by atoms with E-state index in [0.717, 1.165) is 0 Å². The molecule has 1 aromatic carbocycles. The summed E-state index contributed by atoms with van der Waals surface area (Å²) in [6.07, 6.45) is 0. The monoisotopic (exact) mass is 334 g/mol. The lowest BCUT2D eigenvalue weighted by Gasteiger charge is -2.07. The summed E-state index contributed by atoms with van der Waals surface area (Å²) in [5.41, 5.74) is 1.41. The van der Waals surface area contributed by atoms with Gasteiger partial charge in [-0.05, 0) is 24.6 Å². The zero-order valence-corrected chi connectivity index (χ0v) is 13.3. The van der Waals surface area contributed by atoms with E-state index in [1.54, 1.807) is 24.4 Å². The average molecular weight is 334 g/mol. The van der Waals surface area contributed by atoms with Crippen molar-refractivity contribution in [1.29, 1.82) is 0 Å². The van der Waals surface area contributed by atoms with E-state index in [9.17, 15) is 19.7 Å². The van der Waals surface area contributed by atoms with Crippen LogP contribution in [0.25, 0.3) is 11.1 Å².